The smallest absolute Gasteiger partial charge is 0.319 e. The van der Waals surface area contributed by atoms with Crippen LogP contribution in [0, 0.1) is 5.92 Å². The maximum Gasteiger partial charge on any atom is 0.319 e. The fourth-order valence-electron chi connectivity index (χ4n) is 3.42. The first kappa shape index (κ1) is 14.4. The molecule has 0 radical (unpaired) electrons. The van der Waals surface area contributed by atoms with Crippen LogP contribution in [0.2, 0.25) is 0 Å². The van der Waals surface area contributed by atoms with Gasteiger partial charge in [0, 0.05) is 18.3 Å². The van der Waals surface area contributed by atoms with Crippen LogP contribution in [0.5, 0.6) is 0 Å². The molecule has 114 valence electrons. The number of benzene rings is 1. The monoisotopic (exact) mass is 287 g/mol. The van der Waals surface area contributed by atoms with Crippen molar-refractivity contribution in [3.05, 3.63) is 29.8 Å². The molecule has 2 amide bonds. The van der Waals surface area contributed by atoms with Crippen molar-refractivity contribution in [2.75, 3.05) is 25.0 Å². The fourth-order valence-corrected chi connectivity index (χ4v) is 3.42. The lowest BCUT2D eigenvalue weighted by molar-refractivity contribution is 0.0777. The van der Waals surface area contributed by atoms with Gasteiger partial charge in [0.05, 0.1) is 0 Å². The van der Waals surface area contributed by atoms with Gasteiger partial charge in [0.15, 0.2) is 0 Å². The number of rotatable bonds is 3. The van der Waals surface area contributed by atoms with Crippen LogP contribution >= 0.6 is 0 Å². The number of amides is 2. The Labute approximate surface area is 126 Å². The molecule has 0 saturated carbocycles. The standard InChI is InChI=1S/C17H25N3O/c1-12(2)13-3-5-15(6-4-13)18-17(21)19-16-11-20-9-7-14(16)8-10-20/h3-6,12,14,16H,7-11H2,1-2H3,(H2,18,19,21). The molecule has 3 heterocycles. The number of piperidine rings is 3. The van der Waals surface area contributed by atoms with Crippen molar-refractivity contribution in [1.82, 2.24) is 10.2 Å². The highest BCUT2D eigenvalue weighted by molar-refractivity contribution is 5.89. The molecule has 3 aliphatic rings. The Balaban J connectivity index is 1.54. The molecule has 1 unspecified atom stereocenters. The number of nitrogens with one attached hydrogen (secondary N) is 2. The van der Waals surface area contributed by atoms with Gasteiger partial charge in [-0.2, -0.15) is 0 Å². The molecule has 21 heavy (non-hydrogen) atoms. The molecule has 0 aliphatic carbocycles. The van der Waals surface area contributed by atoms with E-state index in [1.165, 1.54) is 31.5 Å². The minimum Gasteiger partial charge on any atom is -0.334 e. The summed E-state index contributed by atoms with van der Waals surface area (Å²) in [7, 11) is 0. The lowest BCUT2D eigenvalue weighted by Crippen LogP contribution is -2.57. The SMILES string of the molecule is CC(C)c1ccc(NC(=O)NC2CN3CCC2CC3)cc1. The summed E-state index contributed by atoms with van der Waals surface area (Å²) in [5.41, 5.74) is 2.15. The molecule has 1 atom stereocenters. The molecular weight excluding hydrogens is 262 g/mol. The normalized spacial score (nSPS) is 27.7. The van der Waals surface area contributed by atoms with Gasteiger partial charge in [-0.15, -0.1) is 0 Å². The zero-order valence-corrected chi connectivity index (χ0v) is 12.9. The molecule has 4 nitrogen and oxygen atoms in total. The summed E-state index contributed by atoms with van der Waals surface area (Å²) in [6.45, 7) is 7.73. The number of urea groups is 1. The van der Waals surface area contributed by atoms with Gasteiger partial charge in [-0.25, -0.2) is 4.79 Å². The average molecular weight is 287 g/mol. The van der Waals surface area contributed by atoms with E-state index < -0.39 is 0 Å². The van der Waals surface area contributed by atoms with Crippen LogP contribution in [0.1, 0.15) is 38.2 Å². The lowest BCUT2D eigenvalue weighted by atomic mass is 9.84. The van der Waals surface area contributed by atoms with Gasteiger partial charge in [0.1, 0.15) is 0 Å². The second-order valence-corrected chi connectivity index (χ2v) is 6.62. The van der Waals surface area contributed by atoms with E-state index in [4.69, 9.17) is 0 Å². The molecule has 0 spiro atoms. The van der Waals surface area contributed by atoms with E-state index in [-0.39, 0.29) is 6.03 Å². The minimum absolute atomic E-state index is 0.0777. The fraction of sp³-hybridized carbons (Fsp3) is 0.588. The van der Waals surface area contributed by atoms with Crippen LogP contribution in [0.3, 0.4) is 0 Å². The number of fused-ring (bicyclic) bond motifs is 3. The third-order valence-electron chi connectivity index (χ3n) is 4.81. The molecule has 0 aromatic heterocycles. The van der Waals surface area contributed by atoms with Crippen LogP contribution < -0.4 is 10.6 Å². The molecule has 4 rings (SSSR count). The second-order valence-electron chi connectivity index (χ2n) is 6.62. The van der Waals surface area contributed by atoms with E-state index in [1.54, 1.807) is 0 Å². The average Bonchev–Trinajstić information content (AvgIpc) is 2.49. The molecular formula is C17H25N3O. The number of nitrogens with zero attached hydrogens (tertiary/aromatic N) is 1. The van der Waals surface area contributed by atoms with Crippen LogP contribution in [-0.2, 0) is 0 Å². The van der Waals surface area contributed by atoms with Gasteiger partial charge in [-0.1, -0.05) is 26.0 Å². The van der Waals surface area contributed by atoms with E-state index in [0.717, 1.165) is 12.2 Å². The van der Waals surface area contributed by atoms with Crippen LogP contribution in [0.15, 0.2) is 24.3 Å². The summed E-state index contributed by atoms with van der Waals surface area (Å²) >= 11 is 0. The van der Waals surface area contributed by atoms with Gasteiger partial charge < -0.3 is 15.5 Å². The molecule has 3 fully saturated rings. The third-order valence-corrected chi connectivity index (χ3v) is 4.81. The van der Waals surface area contributed by atoms with Crippen molar-refractivity contribution >= 4 is 11.7 Å². The Morgan fingerprint density at radius 2 is 1.86 bits per heavy atom. The number of hydrogen-bond donors (Lipinski definition) is 2. The summed E-state index contributed by atoms with van der Waals surface area (Å²) in [5.74, 6) is 1.17. The van der Waals surface area contributed by atoms with Crippen molar-refractivity contribution < 1.29 is 4.79 Å². The predicted molar refractivity (Wildman–Crippen MR) is 85.6 cm³/mol. The highest BCUT2D eigenvalue weighted by Gasteiger charge is 2.34. The molecule has 3 aliphatic heterocycles. The van der Waals surface area contributed by atoms with Crippen LogP contribution in [0.4, 0.5) is 10.5 Å². The molecule has 2 N–H and O–H groups in total. The Morgan fingerprint density at radius 1 is 1.19 bits per heavy atom. The van der Waals surface area contributed by atoms with Gasteiger partial charge in [-0.3, -0.25) is 0 Å². The third kappa shape index (κ3) is 3.38. The quantitative estimate of drug-likeness (QED) is 0.897. The maximum atomic E-state index is 12.1. The summed E-state index contributed by atoms with van der Waals surface area (Å²) < 4.78 is 0. The van der Waals surface area contributed by atoms with Gasteiger partial charge >= 0.3 is 6.03 Å². The van der Waals surface area contributed by atoms with E-state index in [1.807, 2.05) is 12.1 Å². The molecule has 3 saturated heterocycles. The first-order valence-corrected chi connectivity index (χ1v) is 8.01. The minimum atomic E-state index is -0.0777. The Hall–Kier alpha value is -1.55. The highest BCUT2D eigenvalue weighted by Crippen LogP contribution is 2.27. The van der Waals surface area contributed by atoms with Crippen molar-refractivity contribution in [3.63, 3.8) is 0 Å². The maximum absolute atomic E-state index is 12.1. The summed E-state index contributed by atoms with van der Waals surface area (Å²) in [5, 5.41) is 6.09. The lowest BCUT2D eigenvalue weighted by Gasteiger charge is -2.44. The van der Waals surface area contributed by atoms with Crippen molar-refractivity contribution in [1.29, 1.82) is 0 Å². The Morgan fingerprint density at radius 3 is 2.38 bits per heavy atom. The summed E-state index contributed by atoms with van der Waals surface area (Å²) in [6.07, 6.45) is 2.43. The molecule has 1 aromatic carbocycles. The van der Waals surface area contributed by atoms with Crippen LogP contribution in [0.25, 0.3) is 0 Å². The number of anilines is 1. The number of carbonyl (C=O) groups is 1. The highest BCUT2D eigenvalue weighted by atomic mass is 16.2. The summed E-state index contributed by atoms with van der Waals surface area (Å²) in [6, 6.07) is 8.34. The van der Waals surface area contributed by atoms with Gasteiger partial charge in [0.25, 0.3) is 0 Å². The van der Waals surface area contributed by atoms with Crippen molar-refractivity contribution in [2.45, 2.75) is 38.6 Å². The number of carbonyl (C=O) groups excluding carboxylic acids is 1. The molecule has 4 heteroatoms. The predicted octanol–water partition coefficient (Wildman–Crippen LogP) is 3.03. The number of hydrogen-bond acceptors (Lipinski definition) is 2. The largest absolute Gasteiger partial charge is 0.334 e. The van der Waals surface area contributed by atoms with E-state index in [2.05, 4.69) is 41.5 Å². The zero-order valence-electron chi connectivity index (χ0n) is 12.9. The topological polar surface area (TPSA) is 44.4 Å². The second kappa shape index (κ2) is 6.06. The van der Waals surface area contributed by atoms with Crippen molar-refractivity contribution in [2.24, 2.45) is 5.92 Å². The van der Waals surface area contributed by atoms with E-state index >= 15 is 0 Å². The first-order valence-electron chi connectivity index (χ1n) is 8.01. The molecule has 1 aromatic rings. The van der Waals surface area contributed by atoms with E-state index in [9.17, 15) is 4.79 Å². The van der Waals surface area contributed by atoms with Crippen LogP contribution in [-0.4, -0.2) is 36.6 Å². The van der Waals surface area contributed by atoms with E-state index in [0.29, 0.717) is 17.9 Å². The van der Waals surface area contributed by atoms with Gasteiger partial charge in [-0.05, 0) is 55.5 Å². The Bertz CT molecular complexity index is 489. The molecule has 2 bridgehead atoms. The summed E-state index contributed by atoms with van der Waals surface area (Å²) in [4.78, 5) is 14.6. The zero-order chi connectivity index (χ0) is 14.8. The Kier molecular flexibility index (Phi) is 4.15. The first-order chi connectivity index (χ1) is 10.1. The van der Waals surface area contributed by atoms with Gasteiger partial charge in [0.2, 0.25) is 0 Å². The van der Waals surface area contributed by atoms with Crippen molar-refractivity contribution in [3.8, 4) is 0 Å².